The highest BCUT2D eigenvalue weighted by Crippen LogP contribution is 2.40. The molecule has 2 fully saturated rings. The lowest BCUT2D eigenvalue weighted by Crippen LogP contribution is -2.54. The van der Waals surface area contributed by atoms with E-state index >= 15 is 0 Å². The topological polar surface area (TPSA) is 109 Å². The van der Waals surface area contributed by atoms with Gasteiger partial charge in [0.25, 0.3) is 0 Å². The van der Waals surface area contributed by atoms with E-state index in [1.807, 2.05) is 37.1 Å². The second kappa shape index (κ2) is 13.3. The Hall–Kier alpha value is -2.32. The number of allylic oxidation sites excluding steroid dienone is 3. The van der Waals surface area contributed by atoms with Gasteiger partial charge in [0.05, 0.1) is 6.61 Å². The third kappa shape index (κ3) is 6.36. The first-order chi connectivity index (χ1) is 15.7. The van der Waals surface area contributed by atoms with Crippen molar-refractivity contribution in [2.45, 2.75) is 57.0 Å². The first kappa shape index (κ1) is 25.9. The van der Waals surface area contributed by atoms with Crippen LogP contribution in [0.1, 0.15) is 49.7 Å². The summed E-state index contributed by atoms with van der Waals surface area (Å²) < 4.78 is 12.6. The number of aliphatic hydroxyl groups excluding tert-OH is 1. The van der Waals surface area contributed by atoms with Crippen molar-refractivity contribution in [1.82, 2.24) is 4.90 Å². The average molecular weight is 444 g/mol. The predicted octanol–water partition coefficient (Wildman–Crippen LogP) is 3.30. The lowest BCUT2D eigenvalue weighted by molar-refractivity contribution is -0.231. The number of aliphatic hydroxyl groups is 1. The Morgan fingerprint density at radius 1 is 1.31 bits per heavy atom. The number of likely N-dealkylation sites (tertiary alicyclic amines) is 1. The zero-order chi connectivity index (χ0) is 23.4. The minimum Gasteiger partial charge on any atom is -0.462 e. The Morgan fingerprint density at radius 3 is 2.62 bits per heavy atom. The number of nitrogens with two attached hydrogens (primary N) is 1. The molecule has 0 unspecified atom stereocenters. The molecule has 0 aromatic heterocycles. The Bertz CT molecular complexity index is 781. The molecule has 1 aromatic rings. The fraction of sp³-hybridized carbons (Fsp3) is 0.520. The van der Waals surface area contributed by atoms with Crippen molar-refractivity contribution >= 4 is 18.6 Å². The molecule has 0 atom stereocenters. The maximum atomic E-state index is 8.85. The van der Waals surface area contributed by atoms with Crippen LogP contribution in [0.25, 0.3) is 5.57 Å². The van der Waals surface area contributed by atoms with Gasteiger partial charge in [-0.3, -0.25) is 4.90 Å². The van der Waals surface area contributed by atoms with E-state index in [2.05, 4.69) is 16.7 Å². The number of benzene rings is 1. The highest BCUT2D eigenvalue weighted by Gasteiger charge is 2.42. The first-order valence-electron chi connectivity index (χ1n) is 11.3. The van der Waals surface area contributed by atoms with Gasteiger partial charge in [-0.1, -0.05) is 30.7 Å². The van der Waals surface area contributed by atoms with Crippen LogP contribution in [0.4, 0.5) is 0 Å². The molecular weight excluding hydrogens is 406 g/mol. The summed E-state index contributed by atoms with van der Waals surface area (Å²) in [5.74, 6) is 0.439. The number of hydrogen-bond donors (Lipinski definition) is 3. The number of carbonyl (C=O) groups excluding carboxylic acids is 1. The van der Waals surface area contributed by atoms with Crippen molar-refractivity contribution in [3.63, 3.8) is 0 Å². The molecule has 1 spiro atoms. The molecule has 176 valence electrons. The van der Waals surface area contributed by atoms with Crippen LogP contribution < -0.4 is 10.5 Å². The summed E-state index contributed by atoms with van der Waals surface area (Å²) in [6.07, 6.45) is 13.6. The number of fused-ring (bicyclic) bond motifs is 1. The minimum absolute atomic E-state index is 0.137. The number of piperidine rings is 1. The third-order valence-electron chi connectivity index (χ3n) is 6.19. The molecule has 1 saturated heterocycles. The van der Waals surface area contributed by atoms with Crippen LogP contribution >= 0.6 is 0 Å². The molecule has 2 aliphatic heterocycles. The van der Waals surface area contributed by atoms with Gasteiger partial charge in [0.15, 0.2) is 0 Å². The van der Waals surface area contributed by atoms with E-state index in [1.165, 1.54) is 32.5 Å². The van der Waals surface area contributed by atoms with E-state index in [1.54, 1.807) is 0 Å². The van der Waals surface area contributed by atoms with E-state index in [-0.39, 0.29) is 6.61 Å². The molecule has 4 N–H and O–H groups in total. The molecule has 0 radical (unpaired) electrons. The normalized spacial score (nSPS) is 20.2. The fourth-order valence-electron chi connectivity index (χ4n) is 4.21. The standard InChI is InChI=1S/C23H30N2O3.CH5N.CH2O/c24-16-19(5-2-1-3-14-26)18-8-9-22-20(15-18)17-27-23(28-22)10-12-25(13-11-23)21-6-4-7-21;2*1-2/h1-2,5,8-9,15-16,21,24,26H,3-4,6-7,10-14,17H2;2H2,1H3;1H2/b2-1+,19-5+,24-16?;;. The molecule has 3 aliphatic rings. The minimum atomic E-state index is -0.470. The van der Waals surface area contributed by atoms with Crippen molar-refractivity contribution in [1.29, 1.82) is 5.41 Å². The summed E-state index contributed by atoms with van der Waals surface area (Å²) in [6.45, 7) is 4.80. The fourth-order valence-corrected chi connectivity index (χ4v) is 4.21. The van der Waals surface area contributed by atoms with Gasteiger partial charge in [0, 0.05) is 50.4 Å². The molecule has 32 heavy (non-hydrogen) atoms. The van der Waals surface area contributed by atoms with Crippen molar-refractivity contribution in [3.8, 4) is 5.75 Å². The molecule has 1 aliphatic carbocycles. The molecule has 0 bridgehead atoms. The van der Waals surface area contributed by atoms with Gasteiger partial charge < -0.3 is 30.5 Å². The zero-order valence-electron chi connectivity index (χ0n) is 19.1. The van der Waals surface area contributed by atoms with Gasteiger partial charge in [-0.25, -0.2) is 0 Å². The number of nitrogens with zero attached hydrogens (tertiary/aromatic N) is 1. The van der Waals surface area contributed by atoms with Crippen molar-refractivity contribution in [3.05, 3.63) is 47.6 Å². The number of rotatable bonds is 6. The van der Waals surface area contributed by atoms with E-state index < -0.39 is 5.79 Å². The smallest absolute Gasteiger partial charge is 0.213 e. The van der Waals surface area contributed by atoms with Crippen LogP contribution in [0.5, 0.6) is 5.75 Å². The van der Waals surface area contributed by atoms with Crippen molar-refractivity contribution in [2.75, 3.05) is 26.7 Å². The zero-order valence-corrected chi connectivity index (χ0v) is 19.1. The van der Waals surface area contributed by atoms with Gasteiger partial charge in [-0.05, 0) is 49.6 Å². The highest BCUT2D eigenvalue weighted by molar-refractivity contribution is 6.08. The number of hydrogen-bond acceptors (Lipinski definition) is 7. The molecule has 7 nitrogen and oxygen atoms in total. The first-order valence-corrected chi connectivity index (χ1v) is 11.3. The summed E-state index contributed by atoms with van der Waals surface area (Å²) in [6, 6.07) is 6.87. The van der Waals surface area contributed by atoms with Gasteiger partial charge in [-0.2, -0.15) is 0 Å². The Balaban J connectivity index is 0.000000860. The second-order valence-corrected chi connectivity index (χ2v) is 7.95. The molecule has 7 heteroatoms. The molecule has 2 heterocycles. The van der Waals surface area contributed by atoms with Gasteiger partial charge in [0.2, 0.25) is 5.79 Å². The number of nitrogens with one attached hydrogen (secondary N) is 1. The van der Waals surface area contributed by atoms with Gasteiger partial charge in [0.1, 0.15) is 12.5 Å². The van der Waals surface area contributed by atoms with Gasteiger partial charge in [-0.15, -0.1) is 0 Å². The summed E-state index contributed by atoms with van der Waals surface area (Å²) in [7, 11) is 1.50. The van der Waals surface area contributed by atoms with E-state index in [9.17, 15) is 0 Å². The second-order valence-electron chi connectivity index (χ2n) is 7.95. The largest absolute Gasteiger partial charge is 0.462 e. The lowest BCUT2D eigenvalue weighted by atomic mass is 9.89. The molecule has 0 amide bonds. The molecule has 1 saturated carbocycles. The summed E-state index contributed by atoms with van der Waals surface area (Å²) >= 11 is 0. The molecular formula is C25H37N3O4. The quantitative estimate of drug-likeness (QED) is 0.460. The highest BCUT2D eigenvalue weighted by atomic mass is 16.7. The number of ether oxygens (including phenoxy) is 2. The maximum absolute atomic E-state index is 8.85. The summed E-state index contributed by atoms with van der Waals surface area (Å²) in [5.41, 5.74) is 7.34. The van der Waals surface area contributed by atoms with Crippen LogP contribution in [0.2, 0.25) is 0 Å². The van der Waals surface area contributed by atoms with E-state index in [0.717, 1.165) is 54.4 Å². The molecule has 1 aromatic carbocycles. The van der Waals surface area contributed by atoms with Crippen molar-refractivity contribution < 1.29 is 19.4 Å². The van der Waals surface area contributed by atoms with Crippen LogP contribution in [-0.2, 0) is 16.1 Å². The SMILES string of the molecule is C=O.CN.N=C/C(=C\C=C\CCO)c1ccc2c(c1)COC1(CCN(C3CCC3)CC1)O2. The maximum Gasteiger partial charge on any atom is 0.213 e. The third-order valence-corrected chi connectivity index (χ3v) is 6.19. The predicted molar refractivity (Wildman–Crippen MR) is 128 cm³/mol. The van der Waals surface area contributed by atoms with Crippen LogP contribution in [-0.4, -0.2) is 61.6 Å². The number of carbonyl (C=O) groups is 1. The Morgan fingerprint density at radius 2 is 2.03 bits per heavy atom. The monoisotopic (exact) mass is 443 g/mol. The summed E-state index contributed by atoms with van der Waals surface area (Å²) in [4.78, 5) is 10.6. The Labute approximate surface area is 191 Å². The van der Waals surface area contributed by atoms with Crippen molar-refractivity contribution in [2.24, 2.45) is 5.73 Å². The van der Waals surface area contributed by atoms with Crippen LogP contribution in [0.3, 0.4) is 0 Å². The van der Waals surface area contributed by atoms with E-state index in [4.69, 9.17) is 24.8 Å². The average Bonchev–Trinajstić information content (AvgIpc) is 2.82. The Kier molecular flexibility index (Phi) is 10.8. The van der Waals surface area contributed by atoms with Crippen LogP contribution in [0, 0.1) is 5.41 Å². The van der Waals surface area contributed by atoms with E-state index in [0.29, 0.717) is 13.0 Å². The molecule has 4 rings (SSSR count). The lowest BCUT2D eigenvalue weighted by Gasteiger charge is -2.47. The summed E-state index contributed by atoms with van der Waals surface area (Å²) in [5, 5.41) is 16.6. The van der Waals surface area contributed by atoms with Gasteiger partial charge >= 0.3 is 0 Å². The van der Waals surface area contributed by atoms with Crippen LogP contribution in [0.15, 0.2) is 36.4 Å².